The minimum absolute atomic E-state index is 0.195. The summed E-state index contributed by atoms with van der Waals surface area (Å²) in [6, 6.07) is 17.0. The molecule has 2 aromatic carbocycles. The number of hydrogen-bond donors (Lipinski definition) is 2. The number of hydrogen-bond acceptors (Lipinski definition) is 9. The van der Waals surface area contributed by atoms with Crippen LogP contribution in [0.25, 0.3) is 27.9 Å². The van der Waals surface area contributed by atoms with Crippen LogP contribution in [0.4, 0.5) is 5.69 Å². The average Bonchev–Trinajstić information content (AvgIpc) is 3.34. The lowest BCUT2D eigenvalue weighted by Gasteiger charge is -2.45. The lowest BCUT2D eigenvalue weighted by Crippen LogP contribution is -2.58. The highest BCUT2D eigenvalue weighted by Crippen LogP contribution is 2.40. The summed E-state index contributed by atoms with van der Waals surface area (Å²) in [5.74, 6) is 0.481. The molecular weight excluding hydrogens is 444 g/mol. The Bertz CT molecular complexity index is 1530. The number of fused-ring (bicyclic) bond motifs is 1. The summed E-state index contributed by atoms with van der Waals surface area (Å²) >= 11 is 0. The van der Waals surface area contributed by atoms with Gasteiger partial charge in [-0.1, -0.05) is 42.0 Å². The number of rotatable bonds is 3. The fourth-order valence-corrected chi connectivity index (χ4v) is 5.01. The molecule has 3 heterocycles. The van der Waals surface area contributed by atoms with Crippen molar-refractivity contribution in [1.29, 1.82) is 0 Å². The van der Waals surface area contributed by atoms with Gasteiger partial charge in [-0.05, 0) is 43.9 Å². The van der Waals surface area contributed by atoms with E-state index in [1.165, 1.54) is 4.68 Å². The third kappa shape index (κ3) is 3.63. The van der Waals surface area contributed by atoms with Gasteiger partial charge in [0.25, 0.3) is 0 Å². The van der Waals surface area contributed by atoms with Crippen molar-refractivity contribution in [3.8, 4) is 16.9 Å². The molecule has 10 nitrogen and oxygen atoms in total. The molecule has 1 spiro atoms. The Balaban J connectivity index is 1.39. The van der Waals surface area contributed by atoms with Crippen LogP contribution in [-0.4, -0.2) is 32.6 Å². The van der Waals surface area contributed by atoms with Gasteiger partial charge in [0.15, 0.2) is 5.69 Å². The molecule has 10 heteroatoms. The normalized spacial score (nSPS) is 17.4. The van der Waals surface area contributed by atoms with Gasteiger partial charge in [-0.15, -0.1) is 5.10 Å². The Morgan fingerprint density at radius 3 is 2.57 bits per heavy atom. The van der Waals surface area contributed by atoms with Crippen molar-refractivity contribution in [2.75, 3.05) is 4.90 Å². The van der Waals surface area contributed by atoms with Crippen molar-refractivity contribution >= 4 is 28.6 Å². The van der Waals surface area contributed by atoms with Crippen molar-refractivity contribution in [3.63, 3.8) is 0 Å². The molecule has 0 unspecified atom stereocenters. The smallest absolute Gasteiger partial charge is 0.362 e. The Hall–Kier alpha value is -4.47. The monoisotopic (exact) mass is 468 g/mol. The number of anilines is 1. The van der Waals surface area contributed by atoms with Gasteiger partial charge in [-0.25, -0.2) is 14.5 Å². The molecule has 0 atom stereocenters. The van der Waals surface area contributed by atoms with Crippen LogP contribution in [0.1, 0.15) is 32.1 Å². The summed E-state index contributed by atoms with van der Waals surface area (Å²) in [6.45, 7) is 0. The standard InChI is InChI=1S/C25H24N8O2/c26-23-28-24(27)33(25(29-23)11-5-2-6-12-25)18-10-9-17-13-20(22(34)35-21(17)14-18)32-15-19(30-31-32)16-7-3-1-4-8-16/h1,3-4,7-10,13-15H,2,5-6,11-12H2,(H4,26,27,28,29). The predicted octanol–water partition coefficient (Wildman–Crippen LogP) is 3.15. The molecule has 1 aliphatic heterocycles. The topological polar surface area (TPSA) is 141 Å². The zero-order valence-electron chi connectivity index (χ0n) is 19.0. The van der Waals surface area contributed by atoms with Crippen molar-refractivity contribution < 1.29 is 4.42 Å². The summed E-state index contributed by atoms with van der Waals surface area (Å²) in [6.07, 6.45) is 6.54. The fourth-order valence-electron chi connectivity index (χ4n) is 5.01. The van der Waals surface area contributed by atoms with Crippen LogP contribution in [0.15, 0.2) is 80.0 Å². The van der Waals surface area contributed by atoms with Gasteiger partial charge in [0.05, 0.1) is 11.9 Å². The van der Waals surface area contributed by atoms with Crippen LogP contribution in [0.3, 0.4) is 0 Å². The molecular formula is C25H24N8O2. The Morgan fingerprint density at radius 1 is 0.971 bits per heavy atom. The molecule has 1 aliphatic carbocycles. The molecule has 0 saturated heterocycles. The molecule has 1 fully saturated rings. The zero-order chi connectivity index (χ0) is 24.0. The van der Waals surface area contributed by atoms with Crippen LogP contribution in [-0.2, 0) is 0 Å². The van der Waals surface area contributed by atoms with E-state index >= 15 is 0 Å². The minimum atomic E-state index is -0.573. The Kier molecular flexibility index (Phi) is 4.87. The first-order chi connectivity index (χ1) is 17.0. The van der Waals surface area contributed by atoms with Gasteiger partial charge in [-0.3, -0.25) is 4.90 Å². The van der Waals surface area contributed by atoms with E-state index in [1.54, 1.807) is 18.3 Å². The van der Waals surface area contributed by atoms with E-state index in [-0.39, 0.29) is 17.6 Å². The minimum Gasteiger partial charge on any atom is -0.421 e. The third-order valence-electron chi connectivity index (χ3n) is 6.62. The quantitative estimate of drug-likeness (QED) is 0.440. The maximum absolute atomic E-state index is 12.9. The van der Waals surface area contributed by atoms with E-state index in [2.05, 4.69) is 15.3 Å². The van der Waals surface area contributed by atoms with Crippen LogP contribution in [0, 0.1) is 0 Å². The van der Waals surface area contributed by atoms with Crippen molar-refractivity contribution in [1.82, 2.24) is 15.0 Å². The highest BCUT2D eigenvalue weighted by atomic mass is 16.4. The molecule has 0 radical (unpaired) electrons. The highest BCUT2D eigenvalue weighted by molar-refractivity contribution is 6.06. The predicted molar refractivity (Wildman–Crippen MR) is 134 cm³/mol. The zero-order valence-corrected chi connectivity index (χ0v) is 19.0. The van der Waals surface area contributed by atoms with Crippen molar-refractivity contribution in [3.05, 3.63) is 71.2 Å². The molecule has 0 bridgehead atoms. The molecule has 4 aromatic rings. The Labute approximate surface area is 200 Å². The van der Waals surface area contributed by atoms with Gasteiger partial charge in [-0.2, -0.15) is 4.99 Å². The van der Waals surface area contributed by atoms with Crippen LogP contribution in [0.5, 0.6) is 0 Å². The van der Waals surface area contributed by atoms with Crippen molar-refractivity contribution in [2.45, 2.75) is 37.8 Å². The number of guanidine groups is 2. The molecule has 0 amide bonds. The van der Waals surface area contributed by atoms with Crippen LogP contribution >= 0.6 is 0 Å². The van der Waals surface area contributed by atoms with E-state index in [0.717, 1.165) is 48.7 Å². The number of nitrogens with zero attached hydrogens (tertiary/aromatic N) is 6. The van der Waals surface area contributed by atoms with E-state index in [4.69, 9.17) is 20.9 Å². The first kappa shape index (κ1) is 21.1. The molecule has 176 valence electrons. The highest BCUT2D eigenvalue weighted by Gasteiger charge is 2.42. The maximum Gasteiger partial charge on any atom is 0.362 e. The van der Waals surface area contributed by atoms with Gasteiger partial charge in [0.1, 0.15) is 16.9 Å². The number of nitrogens with two attached hydrogens (primary N) is 2. The number of aromatic nitrogens is 3. The summed E-state index contributed by atoms with van der Waals surface area (Å²) in [5, 5.41) is 9.08. The molecule has 2 aromatic heterocycles. The second kappa shape index (κ2) is 8.08. The lowest BCUT2D eigenvalue weighted by atomic mass is 9.87. The van der Waals surface area contributed by atoms with Gasteiger partial charge >= 0.3 is 5.63 Å². The second-order valence-electron chi connectivity index (χ2n) is 8.87. The molecule has 35 heavy (non-hydrogen) atoms. The summed E-state index contributed by atoms with van der Waals surface area (Å²) in [4.78, 5) is 23.7. The van der Waals surface area contributed by atoms with E-state index in [1.807, 2.05) is 47.4 Å². The number of aliphatic imine (C=N–C) groups is 2. The molecule has 4 N–H and O–H groups in total. The first-order valence-corrected chi connectivity index (χ1v) is 11.6. The first-order valence-electron chi connectivity index (χ1n) is 11.6. The number of benzene rings is 2. The van der Waals surface area contributed by atoms with E-state index in [9.17, 15) is 4.79 Å². The van der Waals surface area contributed by atoms with Crippen LogP contribution in [0.2, 0.25) is 0 Å². The SMILES string of the molecule is NC1=NC2(CCCCC2)N(c2ccc3cc(-n4cc(-c5ccccc5)nn4)c(=O)oc3c2)C(N)=N1. The fraction of sp³-hybridized carbons (Fsp3) is 0.240. The molecule has 6 rings (SSSR count). The third-order valence-corrected chi connectivity index (χ3v) is 6.62. The second-order valence-corrected chi connectivity index (χ2v) is 8.87. The largest absolute Gasteiger partial charge is 0.421 e. The maximum atomic E-state index is 12.9. The van der Waals surface area contributed by atoms with E-state index < -0.39 is 11.3 Å². The van der Waals surface area contributed by atoms with Gasteiger partial charge < -0.3 is 15.9 Å². The molecule has 1 saturated carbocycles. The van der Waals surface area contributed by atoms with Crippen LogP contribution < -0.4 is 22.0 Å². The van der Waals surface area contributed by atoms with Gasteiger partial charge in [0.2, 0.25) is 11.9 Å². The van der Waals surface area contributed by atoms with E-state index in [0.29, 0.717) is 11.3 Å². The Morgan fingerprint density at radius 2 is 1.77 bits per heavy atom. The summed E-state index contributed by atoms with van der Waals surface area (Å²) in [5.41, 5.74) is 14.3. The average molecular weight is 469 g/mol. The summed E-state index contributed by atoms with van der Waals surface area (Å²) in [7, 11) is 0. The van der Waals surface area contributed by atoms with Crippen molar-refractivity contribution in [2.24, 2.45) is 21.5 Å². The van der Waals surface area contributed by atoms with Gasteiger partial charge in [0, 0.05) is 17.0 Å². The lowest BCUT2D eigenvalue weighted by molar-refractivity contribution is 0.305. The molecule has 2 aliphatic rings. The summed E-state index contributed by atoms with van der Waals surface area (Å²) < 4.78 is 7.15.